The molecule has 14 nitrogen and oxygen atoms in total. The second-order valence-electron chi connectivity index (χ2n) is 27.1. The van der Waals surface area contributed by atoms with Crippen molar-refractivity contribution in [2.75, 3.05) is 19.8 Å². The zero-order valence-corrected chi connectivity index (χ0v) is 58.8. The summed E-state index contributed by atoms with van der Waals surface area (Å²) in [5.74, 6) is -0.202. The minimum Gasteiger partial charge on any atom is -0.394 e. The molecule has 0 aliphatic carbocycles. The number of carbonyl (C=O) groups excluding carboxylic acids is 1. The Morgan fingerprint density at radius 2 is 0.750 bits per heavy atom. The van der Waals surface area contributed by atoms with Gasteiger partial charge in [0.15, 0.2) is 12.6 Å². The van der Waals surface area contributed by atoms with Crippen LogP contribution in [0, 0.1) is 0 Å². The van der Waals surface area contributed by atoms with E-state index in [1.807, 2.05) is 0 Å². The number of unbranched alkanes of at least 4 members (excludes halogenated alkanes) is 41. The molecule has 2 fully saturated rings. The number of allylic oxidation sites excluding steroid dienone is 10. The molecule has 1 amide bonds. The van der Waals surface area contributed by atoms with Crippen LogP contribution in [0.25, 0.3) is 0 Å². The second kappa shape index (κ2) is 62.2. The Morgan fingerprint density at radius 3 is 1.15 bits per heavy atom. The average Bonchev–Trinajstić information content (AvgIpc) is 0.829. The largest absolute Gasteiger partial charge is 0.394 e. The van der Waals surface area contributed by atoms with Crippen LogP contribution in [0.1, 0.15) is 335 Å². The Bertz CT molecular complexity index is 1780. The van der Waals surface area contributed by atoms with E-state index in [-0.39, 0.29) is 12.5 Å². The van der Waals surface area contributed by atoms with Crippen molar-refractivity contribution in [2.24, 2.45) is 0 Å². The summed E-state index contributed by atoms with van der Waals surface area (Å²) in [5.41, 5.74) is 0. The third-order valence-corrected chi connectivity index (χ3v) is 18.7. The molecule has 2 saturated heterocycles. The Labute approximate surface area is 562 Å². The van der Waals surface area contributed by atoms with E-state index >= 15 is 0 Å². The summed E-state index contributed by atoms with van der Waals surface area (Å²) in [6, 6.07) is -0.831. The fourth-order valence-corrected chi connectivity index (χ4v) is 12.7. The molecular weight excluding hydrogens is 1160 g/mol. The Morgan fingerprint density at radius 1 is 0.402 bits per heavy atom. The van der Waals surface area contributed by atoms with Crippen molar-refractivity contribution in [2.45, 2.75) is 408 Å². The molecular formula is C78H143NO13. The summed E-state index contributed by atoms with van der Waals surface area (Å²) in [4.78, 5) is 13.4. The molecule has 0 aromatic carbocycles. The zero-order chi connectivity index (χ0) is 66.6. The Kier molecular flexibility index (Phi) is 58.0. The molecule has 92 heavy (non-hydrogen) atoms. The number of hydrogen-bond donors (Lipinski definition) is 9. The van der Waals surface area contributed by atoms with Gasteiger partial charge in [-0.2, -0.15) is 0 Å². The SMILES string of the molecule is CC/C=C\C/C=C\C/C=C\C/C=C\C/C=C\CCCCCCCCCCCCCCCCCCCC(=O)NC(COC1OC(CO)C(OC2OC(CO)C(O)C(O)C2O)C(O)C1O)C(O)CCCCCCCCCCCCCCCCCCCCCCCCCCC. The lowest BCUT2D eigenvalue weighted by Gasteiger charge is -2.46. The number of hydrogen-bond acceptors (Lipinski definition) is 13. The van der Waals surface area contributed by atoms with Crippen molar-refractivity contribution >= 4 is 5.91 Å². The van der Waals surface area contributed by atoms with Gasteiger partial charge in [0.05, 0.1) is 32.0 Å². The Hall–Kier alpha value is -2.31. The predicted molar refractivity (Wildman–Crippen MR) is 378 cm³/mol. The summed E-state index contributed by atoms with van der Waals surface area (Å²) < 4.78 is 23.0. The van der Waals surface area contributed by atoms with Gasteiger partial charge in [-0.1, -0.05) is 331 Å². The number of nitrogens with one attached hydrogen (secondary N) is 1. The van der Waals surface area contributed by atoms with E-state index < -0.39 is 86.8 Å². The van der Waals surface area contributed by atoms with Crippen LogP contribution in [0.3, 0.4) is 0 Å². The van der Waals surface area contributed by atoms with Gasteiger partial charge in [0.2, 0.25) is 5.91 Å². The van der Waals surface area contributed by atoms with Crippen molar-refractivity contribution in [1.29, 1.82) is 0 Å². The number of aliphatic hydroxyl groups excluding tert-OH is 8. The van der Waals surface area contributed by atoms with Crippen LogP contribution in [-0.2, 0) is 23.7 Å². The van der Waals surface area contributed by atoms with Gasteiger partial charge < -0.3 is 65.1 Å². The van der Waals surface area contributed by atoms with E-state index in [2.05, 4.69) is 79.9 Å². The lowest BCUT2D eigenvalue weighted by molar-refractivity contribution is -0.359. The third-order valence-electron chi connectivity index (χ3n) is 18.7. The van der Waals surface area contributed by atoms with Gasteiger partial charge in [-0.3, -0.25) is 4.79 Å². The summed E-state index contributed by atoms with van der Waals surface area (Å²) in [6.45, 7) is 2.80. The van der Waals surface area contributed by atoms with Gasteiger partial charge in [-0.15, -0.1) is 0 Å². The lowest BCUT2D eigenvalue weighted by atomic mass is 9.97. The molecule has 0 spiro atoms. The van der Waals surface area contributed by atoms with Crippen LogP contribution in [-0.4, -0.2) is 140 Å². The molecule has 0 aromatic rings. The van der Waals surface area contributed by atoms with Gasteiger partial charge in [-0.05, 0) is 57.8 Å². The minimum atomic E-state index is -1.78. The molecule has 9 N–H and O–H groups in total. The fourth-order valence-electron chi connectivity index (χ4n) is 12.7. The summed E-state index contributed by atoms with van der Waals surface area (Å²) >= 11 is 0. The number of amides is 1. The van der Waals surface area contributed by atoms with Crippen molar-refractivity contribution in [3.05, 3.63) is 60.8 Å². The quantitative estimate of drug-likeness (QED) is 0.0204. The fraction of sp³-hybridized carbons (Fsp3) is 0.859. The van der Waals surface area contributed by atoms with Gasteiger partial charge in [0.25, 0.3) is 0 Å². The topological polar surface area (TPSA) is 228 Å². The van der Waals surface area contributed by atoms with Crippen LogP contribution in [0.15, 0.2) is 60.8 Å². The van der Waals surface area contributed by atoms with E-state index in [0.717, 1.165) is 83.5 Å². The molecule has 12 atom stereocenters. The predicted octanol–water partition coefficient (Wildman–Crippen LogP) is 16.8. The van der Waals surface area contributed by atoms with Crippen molar-refractivity contribution in [3.63, 3.8) is 0 Å². The van der Waals surface area contributed by atoms with Crippen LogP contribution < -0.4 is 5.32 Å². The first kappa shape index (κ1) is 85.8. The molecule has 0 saturated carbocycles. The normalized spacial score (nSPS) is 23.0. The molecule has 2 heterocycles. The number of carbonyl (C=O) groups is 1. The third kappa shape index (κ3) is 45.2. The van der Waals surface area contributed by atoms with Crippen molar-refractivity contribution < 1.29 is 64.6 Å². The first-order chi connectivity index (χ1) is 45.1. The zero-order valence-electron chi connectivity index (χ0n) is 58.8. The summed E-state index contributed by atoms with van der Waals surface area (Å²) in [7, 11) is 0. The van der Waals surface area contributed by atoms with E-state index in [9.17, 15) is 45.6 Å². The molecule has 0 bridgehead atoms. The van der Waals surface area contributed by atoms with Crippen LogP contribution in [0.2, 0.25) is 0 Å². The molecule has 12 unspecified atom stereocenters. The van der Waals surface area contributed by atoms with E-state index in [0.29, 0.717) is 12.8 Å². The maximum Gasteiger partial charge on any atom is 0.220 e. The van der Waals surface area contributed by atoms with Gasteiger partial charge >= 0.3 is 0 Å². The maximum atomic E-state index is 13.4. The second-order valence-corrected chi connectivity index (χ2v) is 27.1. The number of aliphatic hydroxyl groups is 8. The van der Waals surface area contributed by atoms with Gasteiger partial charge in [0.1, 0.15) is 48.8 Å². The van der Waals surface area contributed by atoms with Crippen LogP contribution in [0.5, 0.6) is 0 Å². The highest BCUT2D eigenvalue weighted by atomic mass is 16.7. The standard InChI is InChI=1S/C78H143NO13/c1-3-5-7-9-11-13-15-17-19-21-23-25-27-29-30-31-32-33-34-35-36-38-40-42-44-46-48-50-52-54-56-58-60-62-70(83)79-66(65-89-77-75(88)73(86)76(69(64-81)91-77)92-78-74(87)72(85)71(84)68(63-80)90-78)67(82)61-59-57-55-53-51-49-47-45-43-41-39-37-28-26-24-22-20-18-16-14-12-10-8-6-4-2/h5,7,11,13,17,19,23,25,29-30,66-69,71-78,80-82,84-88H,3-4,6,8-10,12,14-16,18,20-22,24,26-28,31-65H2,1-2H3,(H,79,83)/b7-5-,13-11-,19-17-,25-23-,30-29-. The lowest BCUT2D eigenvalue weighted by Crippen LogP contribution is -2.65. The Balaban J connectivity index is 1.62. The highest BCUT2D eigenvalue weighted by Gasteiger charge is 2.51. The highest BCUT2D eigenvalue weighted by Crippen LogP contribution is 2.30. The molecule has 2 aliphatic heterocycles. The van der Waals surface area contributed by atoms with Crippen LogP contribution >= 0.6 is 0 Å². The molecule has 2 rings (SSSR count). The number of ether oxygens (including phenoxy) is 4. The van der Waals surface area contributed by atoms with Crippen LogP contribution in [0.4, 0.5) is 0 Å². The monoisotopic (exact) mass is 1300 g/mol. The first-order valence-electron chi connectivity index (χ1n) is 38.5. The molecule has 0 aromatic heterocycles. The van der Waals surface area contributed by atoms with Gasteiger partial charge in [-0.25, -0.2) is 0 Å². The average molecular weight is 1300 g/mol. The summed E-state index contributed by atoms with van der Waals surface area (Å²) in [5, 5.41) is 87.8. The first-order valence-corrected chi connectivity index (χ1v) is 38.5. The molecule has 2 aliphatic rings. The smallest absolute Gasteiger partial charge is 0.220 e. The van der Waals surface area contributed by atoms with Crippen molar-refractivity contribution in [1.82, 2.24) is 5.32 Å². The highest BCUT2D eigenvalue weighted by molar-refractivity contribution is 5.76. The van der Waals surface area contributed by atoms with E-state index in [4.69, 9.17) is 18.9 Å². The van der Waals surface area contributed by atoms with Gasteiger partial charge in [0, 0.05) is 6.42 Å². The minimum absolute atomic E-state index is 0.202. The molecule has 14 heteroatoms. The maximum absolute atomic E-state index is 13.4. The van der Waals surface area contributed by atoms with E-state index in [1.54, 1.807) is 0 Å². The molecule has 538 valence electrons. The number of rotatable bonds is 64. The summed E-state index contributed by atoms with van der Waals surface area (Å²) in [6.07, 6.45) is 66.7. The molecule has 0 radical (unpaired) electrons. The van der Waals surface area contributed by atoms with E-state index in [1.165, 1.54) is 225 Å². The van der Waals surface area contributed by atoms with Crippen molar-refractivity contribution in [3.8, 4) is 0 Å².